The number of benzene rings is 1. The molecule has 0 aromatic heterocycles. The highest BCUT2D eigenvalue weighted by Gasteiger charge is 2.22. The lowest BCUT2D eigenvalue weighted by atomic mass is 10.0. The second-order valence-corrected chi connectivity index (χ2v) is 8.00. The van der Waals surface area contributed by atoms with Gasteiger partial charge in [-0.2, -0.15) is 0 Å². The molecule has 184 valence electrons. The average molecular weight is 565 g/mol. The van der Waals surface area contributed by atoms with Crippen molar-refractivity contribution in [2.24, 2.45) is 10.9 Å². The molecule has 2 rings (SSSR count). The molecule has 0 aliphatic carbocycles. The lowest BCUT2D eigenvalue weighted by Gasteiger charge is -2.35. The van der Waals surface area contributed by atoms with Crippen molar-refractivity contribution in [1.29, 1.82) is 0 Å². The summed E-state index contributed by atoms with van der Waals surface area (Å²) in [5, 5.41) is 6.89. The first kappa shape index (κ1) is 28.6. The summed E-state index contributed by atoms with van der Waals surface area (Å²) < 4.78 is 22.0. The van der Waals surface area contributed by atoms with E-state index in [1.807, 2.05) is 12.1 Å². The van der Waals surface area contributed by atoms with Gasteiger partial charge in [-0.15, -0.1) is 24.0 Å². The molecule has 32 heavy (non-hydrogen) atoms. The van der Waals surface area contributed by atoms with Crippen molar-refractivity contribution in [1.82, 2.24) is 15.5 Å². The van der Waals surface area contributed by atoms with Crippen molar-refractivity contribution in [2.45, 2.75) is 39.8 Å². The van der Waals surface area contributed by atoms with E-state index in [2.05, 4.69) is 36.3 Å². The van der Waals surface area contributed by atoms with Gasteiger partial charge in [-0.05, 0) is 31.4 Å². The van der Waals surface area contributed by atoms with Crippen LogP contribution in [0.2, 0.25) is 0 Å². The quantitative estimate of drug-likeness (QED) is 0.243. The van der Waals surface area contributed by atoms with Gasteiger partial charge in [0.1, 0.15) is 0 Å². The molecule has 1 fully saturated rings. The number of guanidine groups is 1. The second-order valence-electron chi connectivity index (χ2n) is 8.00. The van der Waals surface area contributed by atoms with E-state index in [9.17, 15) is 0 Å². The Hall–Kier alpha value is -1.46. The summed E-state index contributed by atoms with van der Waals surface area (Å²) in [6.07, 6.45) is 1.13. The highest BCUT2D eigenvalue weighted by molar-refractivity contribution is 14.0. The molecule has 0 spiro atoms. The first-order valence-corrected chi connectivity index (χ1v) is 11.2. The van der Waals surface area contributed by atoms with Crippen LogP contribution < -0.4 is 24.8 Å². The van der Waals surface area contributed by atoms with Crippen LogP contribution in [0.25, 0.3) is 0 Å². The highest BCUT2D eigenvalue weighted by atomic mass is 127. The molecule has 0 radical (unpaired) electrons. The van der Waals surface area contributed by atoms with Crippen molar-refractivity contribution in [3.8, 4) is 17.2 Å². The molecule has 1 aliphatic rings. The highest BCUT2D eigenvalue weighted by Crippen LogP contribution is 2.39. The Morgan fingerprint density at radius 1 is 1.06 bits per heavy atom. The predicted molar refractivity (Wildman–Crippen MR) is 140 cm³/mol. The molecule has 1 saturated heterocycles. The summed E-state index contributed by atoms with van der Waals surface area (Å²) in [6.45, 7) is 12.3. The molecule has 1 aliphatic heterocycles. The number of methoxy groups -OCH3 is 3. The SMILES string of the molecule is CCNC(=NCc1ccc(OC)c(OC)c1OC)NCC(CC(C)C)N1CCOCC1.I. The van der Waals surface area contributed by atoms with Gasteiger partial charge in [0.2, 0.25) is 5.75 Å². The molecule has 1 heterocycles. The third kappa shape index (κ3) is 8.47. The van der Waals surface area contributed by atoms with Crippen LogP contribution in [-0.4, -0.2) is 77.6 Å². The molecule has 1 unspecified atom stereocenters. The fraction of sp³-hybridized carbons (Fsp3) is 0.696. The zero-order valence-corrected chi connectivity index (χ0v) is 22.7. The molecular formula is C23H41IN4O4. The monoisotopic (exact) mass is 564 g/mol. The molecule has 1 aromatic carbocycles. The number of ether oxygens (including phenoxy) is 4. The van der Waals surface area contributed by atoms with E-state index < -0.39 is 0 Å². The van der Waals surface area contributed by atoms with Gasteiger partial charge >= 0.3 is 0 Å². The number of hydrogen-bond donors (Lipinski definition) is 2. The second kappa shape index (κ2) is 15.4. The van der Waals surface area contributed by atoms with Crippen molar-refractivity contribution in [3.05, 3.63) is 17.7 Å². The Kier molecular flexibility index (Phi) is 13.7. The zero-order valence-electron chi connectivity index (χ0n) is 20.4. The number of morpholine rings is 1. The van der Waals surface area contributed by atoms with E-state index in [0.29, 0.717) is 35.8 Å². The number of nitrogens with zero attached hydrogens (tertiary/aromatic N) is 2. The Morgan fingerprint density at radius 2 is 1.75 bits per heavy atom. The van der Waals surface area contributed by atoms with Gasteiger partial charge in [-0.1, -0.05) is 13.8 Å². The first-order chi connectivity index (χ1) is 15.0. The maximum atomic E-state index is 5.59. The molecule has 8 nitrogen and oxygen atoms in total. The Bertz CT molecular complexity index is 697. The van der Waals surface area contributed by atoms with Crippen LogP contribution in [0, 0.1) is 5.92 Å². The molecular weight excluding hydrogens is 523 g/mol. The molecule has 0 saturated carbocycles. The number of halogens is 1. The molecule has 0 bridgehead atoms. The van der Waals surface area contributed by atoms with Gasteiger partial charge in [-0.3, -0.25) is 4.90 Å². The molecule has 2 N–H and O–H groups in total. The van der Waals surface area contributed by atoms with Gasteiger partial charge < -0.3 is 29.6 Å². The predicted octanol–water partition coefficient (Wildman–Crippen LogP) is 3.13. The van der Waals surface area contributed by atoms with E-state index in [0.717, 1.165) is 57.3 Å². The van der Waals surface area contributed by atoms with Crippen LogP contribution in [0.1, 0.15) is 32.8 Å². The largest absolute Gasteiger partial charge is 0.493 e. The molecule has 1 atom stereocenters. The standard InChI is InChI=1S/C23H40N4O4.HI/c1-7-24-23(26-16-19(14-17(2)3)27-10-12-31-13-11-27)25-15-18-8-9-20(28-4)22(30-6)21(18)29-5;/h8-9,17,19H,7,10-16H2,1-6H3,(H2,24,25,26);1H. The van der Waals surface area contributed by atoms with Gasteiger partial charge in [0.25, 0.3) is 0 Å². The fourth-order valence-corrected chi connectivity index (χ4v) is 3.86. The summed E-state index contributed by atoms with van der Waals surface area (Å²) in [5.74, 6) is 3.29. The minimum atomic E-state index is 0. The average Bonchev–Trinajstić information content (AvgIpc) is 2.79. The van der Waals surface area contributed by atoms with E-state index in [1.54, 1.807) is 21.3 Å². The number of aliphatic imine (C=N–C) groups is 1. The summed E-state index contributed by atoms with van der Waals surface area (Å²) in [6, 6.07) is 4.29. The third-order valence-corrected chi connectivity index (χ3v) is 5.35. The minimum absolute atomic E-state index is 0. The maximum Gasteiger partial charge on any atom is 0.203 e. The Morgan fingerprint density at radius 3 is 2.31 bits per heavy atom. The Labute approximate surface area is 210 Å². The summed E-state index contributed by atoms with van der Waals surface area (Å²) >= 11 is 0. The lowest BCUT2D eigenvalue weighted by Crippen LogP contribution is -2.51. The zero-order chi connectivity index (χ0) is 22.6. The van der Waals surface area contributed by atoms with E-state index in [-0.39, 0.29) is 24.0 Å². The third-order valence-electron chi connectivity index (χ3n) is 5.35. The van der Waals surface area contributed by atoms with E-state index in [4.69, 9.17) is 23.9 Å². The number of hydrogen-bond acceptors (Lipinski definition) is 6. The normalized spacial score (nSPS) is 15.7. The first-order valence-electron chi connectivity index (χ1n) is 11.2. The van der Waals surface area contributed by atoms with Gasteiger partial charge in [-0.25, -0.2) is 4.99 Å². The van der Waals surface area contributed by atoms with E-state index in [1.165, 1.54) is 0 Å². The van der Waals surface area contributed by atoms with Crippen LogP contribution in [0.15, 0.2) is 17.1 Å². The van der Waals surface area contributed by atoms with Gasteiger partial charge in [0, 0.05) is 37.8 Å². The smallest absolute Gasteiger partial charge is 0.203 e. The lowest BCUT2D eigenvalue weighted by molar-refractivity contribution is 0.0132. The van der Waals surface area contributed by atoms with Crippen molar-refractivity contribution in [3.63, 3.8) is 0 Å². The number of rotatable bonds is 11. The van der Waals surface area contributed by atoms with Crippen molar-refractivity contribution >= 4 is 29.9 Å². The summed E-state index contributed by atoms with van der Waals surface area (Å²) in [5.41, 5.74) is 0.935. The van der Waals surface area contributed by atoms with Gasteiger partial charge in [0.05, 0.1) is 41.1 Å². The van der Waals surface area contributed by atoms with E-state index >= 15 is 0 Å². The Balaban J connectivity index is 0.00000512. The van der Waals surface area contributed by atoms with Gasteiger partial charge in [0.15, 0.2) is 17.5 Å². The molecule has 0 amide bonds. The maximum absolute atomic E-state index is 5.59. The van der Waals surface area contributed by atoms with Crippen LogP contribution in [-0.2, 0) is 11.3 Å². The minimum Gasteiger partial charge on any atom is -0.493 e. The molecule has 9 heteroatoms. The summed E-state index contributed by atoms with van der Waals surface area (Å²) in [4.78, 5) is 7.32. The fourth-order valence-electron chi connectivity index (χ4n) is 3.86. The molecule has 1 aromatic rings. The van der Waals surface area contributed by atoms with Crippen LogP contribution >= 0.6 is 24.0 Å². The van der Waals surface area contributed by atoms with Crippen LogP contribution in [0.4, 0.5) is 0 Å². The van der Waals surface area contributed by atoms with Crippen molar-refractivity contribution in [2.75, 3.05) is 60.7 Å². The van der Waals surface area contributed by atoms with Crippen LogP contribution in [0.3, 0.4) is 0 Å². The summed E-state index contributed by atoms with van der Waals surface area (Å²) in [7, 11) is 4.86. The van der Waals surface area contributed by atoms with Crippen LogP contribution in [0.5, 0.6) is 17.2 Å². The topological polar surface area (TPSA) is 76.6 Å². The van der Waals surface area contributed by atoms with Crippen molar-refractivity contribution < 1.29 is 18.9 Å². The number of nitrogens with one attached hydrogen (secondary N) is 2.